The van der Waals surface area contributed by atoms with Gasteiger partial charge in [-0.3, -0.25) is 10.1 Å². The highest BCUT2D eigenvalue weighted by molar-refractivity contribution is 7.13. The van der Waals surface area contributed by atoms with Gasteiger partial charge in [-0.1, -0.05) is 44.2 Å². The van der Waals surface area contributed by atoms with Crippen molar-refractivity contribution < 1.29 is 9.90 Å². The van der Waals surface area contributed by atoms with Crippen LogP contribution >= 0.6 is 11.3 Å². The summed E-state index contributed by atoms with van der Waals surface area (Å²) < 4.78 is 0. The molecule has 1 aromatic carbocycles. The zero-order valence-corrected chi connectivity index (χ0v) is 13.1. The Hall–Kier alpha value is -1.72. The third-order valence-corrected chi connectivity index (χ3v) is 4.05. The van der Waals surface area contributed by atoms with Gasteiger partial charge in [0.1, 0.15) is 11.0 Å². The second-order valence-electron chi connectivity index (χ2n) is 5.41. The predicted molar refractivity (Wildman–Crippen MR) is 85.3 cm³/mol. The van der Waals surface area contributed by atoms with Crippen LogP contribution in [0.25, 0.3) is 10.6 Å². The van der Waals surface area contributed by atoms with E-state index in [1.807, 2.05) is 49.6 Å². The Bertz CT molecular complexity index is 581. The molecule has 0 amide bonds. The fraction of sp³-hybridized carbons (Fsp3) is 0.375. The van der Waals surface area contributed by atoms with Crippen molar-refractivity contribution in [1.29, 1.82) is 0 Å². The van der Waals surface area contributed by atoms with Gasteiger partial charge < -0.3 is 5.11 Å². The fourth-order valence-electron chi connectivity index (χ4n) is 2.07. The van der Waals surface area contributed by atoms with E-state index in [2.05, 4.69) is 10.3 Å². The lowest BCUT2D eigenvalue weighted by atomic mass is 10.0. The van der Waals surface area contributed by atoms with E-state index in [0.29, 0.717) is 18.9 Å². The lowest BCUT2D eigenvalue weighted by Gasteiger charge is -2.15. The fourth-order valence-corrected chi connectivity index (χ4v) is 2.90. The van der Waals surface area contributed by atoms with E-state index >= 15 is 0 Å². The van der Waals surface area contributed by atoms with Gasteiger partial charge in [0.05, 0.1) is 5.69 Å². The number of aliphatic carboxylic acids is 1. The third kappa shape index (κ3) is 4.65. The number of benzene rings is 1. The van der Waals surface area contributed by atoms with Gasteiger partial charge >= 0.3 is 5.97 Å². The van der Waals surface area contributed by atoms with Crippen LogP contribution in [0.3, 0.4) is 0 Å². The van der Waals surface area contributed by atoms with Crippen molar-refractivity contribution in [1.82, 2.24) is 10.3 Å². The topological polar surface area (TPSA) is 62.2 Å². The van der Waals surface area contributed by atoms with Crippen molar-refractivity contribution in [2.24, 2.45) is 5.92 Å². The summed E-state index contributed by atoms with van der Waals surface area (Å²) in [6.07, 6.45) is 0.616. The predicted octanol–water partition coefficient (Wildman–Crippen LogP) is 3.40. The summed E-state index contributed by atoms with van der Waals surface area (Å²) >= 11 is 1.58. The average Bonchev–Trinajstić information content (AvgIpc) is 2.92. The van der Waals surface area contributed by atoms with Gasteiger partial charge in [-0.2, -0.15) is 0 Å². The monoisotopic (exact) mass is 304 g/mol. The van der Waals surface area contributed by atoms with Crippen LogP contribution in [-0.2, 0) is 11.3 Å². The van der Waals surface area contributed by atoms with E-state index in [-0.39, 0.29) is 0 Å². The normalized spacial score (nSPS) is 12.5. The molecule has 0 aliphatic heterocycles. The lowest BCUT2D eigenvalue weighted by Crippen LogP contribution is -2.37. The number of nitrogens with one attached hydrogen (secondary N) is 1. The minimum absolute atomic E-state index is 0.342. The molecular weight excluding hydrogens is 284 g/mol. The van der Waals surface area contributed by atoms with Gasteiger partial charge in [0.25, 0.3) is 0 Å². The average molecular weight is 304 g/mol. The number of thiazole rings is 1. The largest absolute Gasteiger partial charge is 0.480 e. The molecule has 0 spiro atoms. The number of rotatable bonds is 7. The molecule has 1 unspecified atom stereocenters. The van der Waals surface area contributed by atoms with Crippen LogP contribution < -0.4 is 5.32 Å². The summed E-state index contributed by atoms with van der Waals surface area (Å²) in [7, 11) is 0. The molecule has 0 aliphatic rings. The number of carboxylic acid groups (broad SMARTS) is 1. The number of hydrogen-bond acceptors (Lipinski definition) is 4. The molecule has 0 bridgehead atoms. The smallest absolute Gasteiger partial charge is 0.320 e. The number of carbonyl (C=O) groups is 1. The summed E-state index contributed by atoms with van der Waals surface area (Å²) in [6, 6.07) is 9.47. The van der Waals surface area contributed by atoms with E-state index in [1.165, 1.54) is 0 Å². The van der Waals surface area contributed by atoms with Gasteiger partial charge in [-0.25, -0.2) is 4.98 Å². The molecular formula is C16H20N2O2S. The third-order valence-electron chi connectivity index (χ3n) is 3.11. The molecule has 0 saturated heterocycles. The van der Waals surface area contributed by atoms with Crippen LogP contribution in [0.2, 0.25) is 0 Å². The number of carboxylic acids is 1. The van der Waals surface area contributed by atoms with Crippen molar-refractivity contribution >= 4 is 17.3 Å². The van der Waals surface area contributed by atoms with Crippen molar-refractivity contribution in [3.8, 4) is 10.6 Å². The van der Waals surface area contributed by atoms with Crippen molar-refractivity contribution in [2.45, 2.75) is 32.9 Å². The molecule has 2 N–H and O–H groups in total. The summed E-state index contributed by atoms with van der Waals surface area (Å²) in [4.78, 5) is 15.8. The van der Waals surface area contributed by atoms with Gasteiger partial charge in [0, 0.05) is 17.5 Å². The van der Waals surface area contributed by atoms with Crippen LogP contribution in [0.5, 0.6) is 0 Å². The first kappa shape index (κ1) is 15.7. The van der Waals surface area contributed by atoms with Crippen LogP contribution in [0.1, 0.15) is 26.0 Å². The maximum atomic E-state index is 11.2. The van der Waals surface area contributed by atoms with E-state index in [1.54, 1.807) is 11.3 Å². The second-order valence-corrected chi connectivity index (χ2v) is 6.27. The molecule has 0 saturated carbocycles. The first-order valence-electron chi connectivity index (χ1n) is 7.02. The molecule has 0 radical (unpaired) electrons. The quantitative estimate of drug-likeness (QED) is 0.823. The number of nitrogens with zero attached hydrogens (tertiary/aromatic N) is 1. The standard InChI is InChI=1S/C16H20N2O2S/c1-11(2)8-14(16(19)20)17-9-13-10-21-15(18-13)12-6-4-3-5-7-12/h3-7,10-11,14,17H,8-9H2,1-2H3,(H,19,20). The molecule has 1 heterocycles. The molecule has 2 rings (SSSR count). The number of aromatic nitrogens is 1. The first-order valence-corrected chi connectivity index (χ1v) is 7.90. The van der Waals surface area contributed by atoms with Crippen molar-refractivity contribution in [3.05, 3.63) is 41.4 Å². The molecule has 2 aromatic rings. The Morgan fingerprint density at radius 3 is 2.67 bits per heavy atom. The van der Waals surface area contributed by atoms with Crippen LogP contribution in [-0.4, -0.2) is 22.1 Å². The Kier molecular flexibility index (Phi) is 5.47. The van der Waals surface area contributed by atoms with E-state index < -0.39 is 12.0 Å². The van der Waals surface area contributed by atoms with Crippen molar-refractivity contribution in [3.63, 3.8) is 0 Å². The maximum absolute atomic E-state index is 11.2. The Balaban J connectivity index is 1.98. The molecule has 1 atom stereocenters. The minimum atomic E-state index is -0.804. The highest BCUT2D eigenvalue weighted by Gasteiger charge is 2.18. The number of hydrogen-bond donors (Lipinski definition) is 2. The van der Waals surface area contributed by atoms with Gasteiger partial charge in [0.2, 0.25) is 0 Å². The SMILES string of the molecule is CC(C)CC(NCc1csc(-c2ccccc2)n1)C(=O)O. The first-order chi connectivity index (χ1) is 10.1. The van der Waals surface area contributed by atoms with Crippen LogP contribution in [0, 0.1) is 5.92 Å². The zero-order chi connectivity index (χ0) is 15.2. The Morgan fingerprint density at radius 1 is 1.33 bits per heavy atom. The van der Waals surface area contributed by atoms with Gasteiger partial charge in [0.15, 0.2) is 0 Å². The molecule has 0 fully saturated rings. The molecule has 1 aromatic heterocycles. The van der Waals surface area contributed by atoms with E-state index in [0.717, 1.165) is 16.3 Å². The highest BCUT2D eigenvalue weighted by atomic mass is 32.1. The van der Waals surface area contributed by atoms with E-state index in [9.17, 15) is 9.90 Å². The minimum Gasteiger partial charge on any atom is -0.480 e. The maximum Gasteiger partial charge on any atom is 0.320 e. The van der Waals surface area contributed by atoms with Crippen molar-refractivity contribution in [2.75, 3.05) is 0 Å². The molecule has 5 heteroatoms. The zero-order valence-electron chi connectivity index (χ0n) is 12.2. The summed E-state index contributed by atoms with van der Waals surface area (Å²) in [5.74, 6) is -0.462. The van der Waals surface area contributed by atoms with Crippen LogP contribution in [0.4, 0.5) is 0 Å². The molecule has 112 valence electrons. The van der Waals surface area contributed by atoms with Gasteiger partial charge in [-0.05, 0) is 12.3 Å². The summed E-state index contributed by atoms with van der Waals surface area (Å²) in [5, 5.41) is 15.2. The van der Waals surface area contributed by atoms with E-state index in [4.69, 9.17) is 0 Å². The Morgan fingerprint density at radius 2 is 2.05 bits per heavy atom. The second kappa shape index (κ2) is 7.33. The van der Waals surface area contributed by atoms with Gasteiger partial charge in [-0.15, -0.1) is 11.3 Å². The summed E-state index contributed by atoms with van der Waals surface area (Å²) in [6.45, 7) is 4.52. The lowest BCUT2D eigenvalue weighted by molar-refractivity contribution is -0.140. The Labute approximate surface area is 128 Å². The highest BCUT2D eigenvalue weighted by Crippen LogP contribution is 2.23. The molecule has 0 aliphatic carbocycles. The molecule has 21 heavy (non-hydrogen) atoms. The summed E-state index contributed by atoms with van der Waals surface area (Å²) in [5.41, 5.74) is 1.97. The molecule has 4 nitrogen and oxygen atoms in total. The van der Waals surface area contributed by atoms with Crippen LogP contribution in [0.15, 0.2) is 35.7 Å².